The summed E-state index contributed by atoms with van der Waals surface area (Å²) >= 11 is 1.64. The SMILES string of the molecule is [V].[c-]1ccc2ncsc2c1. The summed E-state index contributed by atoms with van der Waals surface area (Å²) in [6, 6.07) is 8.78. The Morgan fingerprint density at radius 3 is 3.20 bits per heavy atom. The summed E-state index contributed by atoms with van der Waals surface area (Å²) in [5.74, 6) is 0. The summed E-state index contributed by atoms with van der Waals surface area (Å²) in [7, 11) is 0. The molecule has 1 nitrogen and oxygen atoms in total. The first-order chi connectivity index (χ1) is 4.47. The Bertz CT molecular complexity index is 288. The minimum absolute atomic E-state index is 0. The molecule has 0 fully saturated rings. The van der Waals surface area contributed by atoms with Gasteiger partial charge in [0.25, 0.3) is 0 Å². The van der Waals surface area contributed by atoms with Crippen molar-refractivity contribution in [1.82, 2.24) is 4.98 Å². The van der Waals surface area contributed by atoms with Gasteiger partial charge >= 0.3 is 0 Å². The summed E-state index contributed by atoms with van der Waals surface area (Å²) in [5, 5.41) is 0. The van der Waals surface area contributed by atoms with Crippen LogP contribution in [-0.4, -0.2) is 4.98 Å². The van der Waals surface area contributed by atoms with E-state index in [0.29, 0.717) is 0 Å². The molecule has 0 bridgehead atoms. The second kappa shape index (κ2) is 3.19. The van der Waals surface area contributed by atoms with Crippen molar-refractivity contribution in [3.63, 3.8) is 0 Å². The Labute approximate surface area is 75.0 Å². The summed E-state index contributed by atoms with van der Waals surface area (Å²) in [4.78, 5) is 4.12. The number of rotatable bonds is 0. The number of hydrogen-bond donors (Lipinski definition) is 0. The molecule has 1 radical (unpaired) electrons. The van der Waals surface area contributed by atoms with Crippen LogP contribution in [0.4, 0.5) is 0 Å². The van der Waals surface area contributed by atoms with Gasteiger partial charge < -0.3 is 0 Å². The molecule has 1 aromatic carbocycles. The van der Waals surface area contributed by atoms with Crippen LogP contribution in [0, 0.1) is 6.07 Å². The molecule has 3 heteroatoms. The van der Waals surface area contributed by atoms with E-state index in [-0.39, 0.29) is 18.6 Å². The molecular formula is C7H4NSV-. The monoisotopic (exact) mass is 185 g/mol. The van der Waals surface area contributed by atoms with Crippen LogP contribution in [0.15, 0.2) is 23.7 Å². The van der Waals surface area contributed by atoms with Crippen molar-refractivity contribution >= 4 is 21.6 Å². The summed E-state index contributed by atoms with van der Waals surface area (Å²) in [5.41, 5.74) is 2.91. The number of fused-ring (bicyclic) bond motifs is 1. The van der Waals surface area contributed by atoms with Gasteiger partial charge in [0, 0.05) is 18.6 Å². The third-order valence-electron chi connectivity index (χ3n) is 1.18. The first kappa shape index (κ1) is 7.80. The summed E-state index contributed by atoms with van der Waals surface area (Å²) in [6.07, 6.45) is 0. The molecular weight excluding hydrogens is 181 g/mol. The van der Waals surface area contributed by atoms with Crippen molar-refractivity contribution in [3.05, 3.63) is 29.8 Å². The molecule has 10 heavy (non-hydrogen) atoms. The van der Waals surface area contributed by atoms with E-state index in [2.05, 4.69) is 11.1 Å². The third kappa shape index (κ3) is 1.24. The molecule has 2 rings (SSSR count). The summed E-state index contributed by atoms with van der Waals surface area (Å²) < 4.78 is 1.21. The average Bonchev–Trinajstić information content (AvgIpc) is 2.33. The van der Waals surface area contributed by atoms with Crippen LogP contribution in [0.5, 0.6) is 0 Å². The molecule has 2 aromatic rings. The minimum atomic E-state index is 0. The Balaban J connectivity index is 0.000000500. The van der Waals surface area contributed by atoms with E-state index < -0.39 is 0 Å². The molecule has 1 aromatic heterocycles. The fraction of sp³-hybridized carbons (Fsp3) is 0. The second-order valence-electron chi connectivity index (χ2n) is 1.75. The van der Waals surface area contributed by atoms with Gasteiger partial charge in [0.1, 0.15) is 0 Å². The molecule has 0 aliphatic rings. The van der Waals surface area contributed by atoms with Crippen molar-refractivity contribution in [2.24, 2.45) is 0 Å². The van der Waals surface area contributed by atoms with E-state index in [4.69, 9.17) is 0 Å². The molecule has 1 heterocycles. The maximum Gasteiger partial charge on any atom is 0.0657 e. The van der Waals surface area contributed by atoms with Crippen LogP contribution in [-0.2, 0) is 18.6 Å². The smallest absolute Gasteiger partial charge is 0.0657 e. The van der Waals surface area contributed by atoms with Crippen molar-refractivity contribution in [2.45, 2.75) is 0 Å². The average molecular weight is 185 g/mol. The zero-order valence-electron chi connectivity index (χ0n) is 5.11. The first-order valence-electron chi connectivity index (χ1n) is 2.66. The fourth-order valence-corrected chi connectivity index (χ4v) is 1.41. The number of thiazole rings is 1. The standard InChI is InChI=1S/C7H4NS.V/c1-2-4-7-6(3-1)8-5-9-7;/h1,3-5H;/q-1;. The van der Waals surface area contributed by atoms with Crippen LogP contribution in [0.3, 0.4) is 0 Å². The predicted molar refractivity (Wildman–Crippen MR) is 38.5 cm³/mol. The van der Waals surface area contributed by atoms with E-state index in [1.807, 2.05) is 23.7 Å². The number of hydrogen-bond acceptors (Lipinski definition) is 2. The van der Waals surface area contributed by atoms with Gasteiger partial charge in [0.15, 0.2) is 0 Å². The van der Waals surface area contributed by atoms with Crippen molar-refractivity contribution < 1.29 is 18.6 Å². The molecule has 0 unspecified atom stereocenters. The van der Waals surface area contributed by atoms with Crippen LogP contribution >= 0.6 is 11.3 Å². The van der Waals surface area contributed by atoms with Gasteiger partial charge in [-0.05, 0) is 5.52 Å². The Kier molecular flexibility index (Phi) is 2.49. The van der Waals surface area contributed by atoms with E-state index in [0.717, 1.165) is 5.52 Å². The Hall–Kier alpha value is -0.306. The van der Waals surface area contributed by atoms with E-state index in [9.17, 15) is 0 Å². The maximum atomic E-state index is 4.12. The Morgan fingerprint density at radius 2 is 2.40 bits per heavy atom. The van der Waals surface area contributed by atoms with Gasteiger partial charge in [-0.25, -0.2) is 0 Å². The second-order valence-corrected chi connectivity index (χ2v) is 2.63. The quantitative estimate of drug-likeness (QED) is 0.572. The van der Waals surface area contributed by atoms with Gasteiger partial charge in [0.05, 0.1) is 5.51 Å². The molecule has 0 N–H and O–H groups in total. The molecule has 0 saturated heterocycles. The van der Waals surface area contributed by atoms with Crippen LogP contribution < -0.4 is 0 Å². The zero-order chi connectivity index (χ0) is 6.10. The first-order valence-corrected chi connectivity index (χ1v) is 3.54. The van der Waals surface area contributed by atoms with Crippen LogP contribution in [0.25, 0.3) is 10.2 Å². The van der Waals surface area contributed by atoms with Crippen molar-refractivity contribution in [1.29, 1.82) is 0 Å². The van der Waals surface area contributed by atoms with Crippen LogP contribution in [0.1, 0.15) is 0 Å². The number of benzene rings is 1. The number of aromatic nitrogens is 1. The zero-order valence-corrected chi connectivity index (χ0v) is 7.33. The number of nitrogens with zero attached hydrogens (tertiary/aromatic N) is 1. The normalized spacial score (nSPS) is 9.20. The van der Waals surface area contributed by atoms with Gasteiger partial charge in [-0.1, -0.05) is 4.70 Å². The van der Waals surface area contributed by atoms with E-state index >= 15 is 0 Å². The van der Waals surface area contributed by atoms with Gasteiger partial charge in [-0.3, -0.25) is 4.98 Å². The minimum Gasteiger partial charge on any atom is -0.272 e. The molecule has 49 valence electrons. The fourth-order valence-electron chi connectivity index (χ4n) is 0.748. The molecule has 0 saturated carbocycles. The third-order valence-corrected chi connectivity index (χ3v) is 1.97. The topological polar surface area (TPSA) is 12.9 Å². The molecule has 0 aliphatic heterocycles. The molecule has 0 spiro atoms. The largest absolute Gasteiger partial charge is 0.272 e. The predicted octanol–water partition coefficient (Wildman–Crippen LogP) is 2.09. The molecule has 0 amide bonds. The van der Waals surface area contributed by atoms with E-state index in [1.54, 1.807) is 11.3 Å². The van der Waals surface area contributed by atoms with Crippen molar-refractivity contribution in [3.8, 4) is 0 Å². The summed E-state index contributed by atoms with van der Waals surface area (Å²) in [6.45, 7) is 0. The van der Waals surface area contributed by atoms with Gasteiger partial charge in [-0.15, -0.1) is 6.07 Å². The molecule has 0 aliphatic carbocycles. The maximum absolute atomic E-state index is 4.12. The molecule has 0 atom stereocenters. The van der Waals surface area contributed by atoms with Crippen molar-refractivity contribution in [2.75, 3.05) is 0 Å². The van der Waals surface area contributed by atoms with Crippen LogP contribution in [0.2, 0.25) is 0 Å². The van der Waals surface area contributed by atoms with Gasteiger partial charge in [-0.2, -0.15) is 29.5 Å². The van der Waals surface area contributed by atoms with Gasteiger partial charge in [0.2, 0.25) is 0 Å². The Morgan fingerprint density at radius 1 is 1.50 bits per heavy atom. The van der Waals surface area contributed by atoms with E-state index in [1.165, 1.54) is 4.70 Å².